The molecule has 0 aromatic carbocycles. The molecule has 6 nitrogen and oxygen atoms in total. The molecular formula is C20H29Cl2N5OS. The van der Waals surface area contributed by atoms with Gasteiger partial charge < -0.3 is 15.5 Å². The van der Waals surface area contributed by atoms with Crippen LogP contribution in [-0.4, -0.2) is 53.0 Å². The van der Waals surface area contributed by atoms with Crippen LogP contribution >= 0.6 is 36.2 Å². The molecule has 2 atom stereocenters. The van der Waals surface area contributed by atoms with Crippen LogP contribution in [0.2, 0.25) is 0 Å². The average molecular weight is 458 g/mol. The van der Waals surface area contributed by atoms with Gasteiger partial charge in [0.25, 0.3) is 0 Å². The fraction of sp³-hybridized carbons (Fsp3) is 0.650. The topological polar surface area (TPSA) is 75.4 Å². The normalized spacial score (nSPS) is 29.1. The second-order valence-corrected chi connectivity index (χ2v) is 9.26. The maximum Gasteiger partial charge on any atom is 0.225 e. The molecular weight excluding hydrogens is 429 g/mol. The number of rotatable bonds is 2. The number of nitrogens with zero attached hydrogens (tertiary/aromatic N) is 4. The number of hydrogen-bond acceptors (Lipinski definition) is 6. The number of thiophene rings is 1. The van der Waals surface area contributed by atoms with Gasteiger partial charge in [-0.1, -0.05) is 6.42 Å². The Morgan fingerprint density at radius 3 is 2.45 bits per heavy atom. The fourth-order valence-electron chi connectivity index (χ4n) is 5.39. The predicted octanol–water partition coefficient (Wildman–Crippen LogP) is 3.34. The van der Waals surface area contributed by atoms with Gasteiger partial charge in [-0.15, -0.1) is 36.2 Å². The van der Waals surface area contributed by atoms with Crippen LogP contribution in [0.5, 0.6) is 0 Å². The summed E-state index contributed by atoms with van der Waals surface area (Å²) in [6, 6.07) is 2.36. The highest BCUT2D eigenvalue weighted by molar-refractivity contribution is 7.17. The van der Waals surface area contributed by atoms with Crippen molar-refractivity contribution in [2.45, 2.75) is 38.1 Å². The summed E-state index contributed by atoms with van der Waals surface area (Å²) in [5, 5.41) is 2.06. The number of halogens is 2. The third-order valence-corrected chi connectivity index (χ3v) is 7.78. The lowest BCUT2D eigenvalue weighted by atomic mass is 9.65. The molecule has 0 spiro atoms. The first-order valence-corrected chi connectivity index (χ1v) is 11.1. The van der Waals surface area contributed by atoms with Crippen LogP contribution in [0.3, 0.4) is 0 Å². The average Bonchev–Trinajstić information content (AvgIpc) is 3.16. The Morgan fingerprint density at radius 1 is 1.07 bits per heavy atom. The zero-order chi connectivity index (χ0) is 18.4. The van der Waals surface area contributed by atoms with Crippen LogP contribution in [0.25, 0.3) is 10.2 Å². The van der Waals surface area contributed by atoms with Crippen LogP contribution in [0.15, 0.2) is 17.8 Å². The Kier molecular flexibility index (Phi) is 7.25. The Hall–Kier alpha value is -1.15. The van der Waals surface area contributed by atoms with Crippen molar-refractivity contribution in [3.63, 3.8) is 0 Å². The van der Waals surface area contributed by atoms with Crippen molar-refractivity contribution >= 4 is 58.1 Å². The van der Waals surface area contributed by atoms with E-state index in [9.17, 15) is 4.79 Å². The number of piperazine rings is 1. The summed E-state index contributed by atoms with van der Waals surface area (Å²) in [5.41, 5.74) is 7.41. The van der Waals surface area contributed by atoms with Crippen molar-refractivity contribution in [1.29, 1.82) is 0 Å². The van der Waals surface area contributed by atoms with Crippen LogP contribution in [0, 0.1) is 17.8 Å². The minimum absolute atomic E-state index is 0. The van der Waals surface area contributed by atoms with E-state index in [0.717, 1.165) is 55.1 Å². The molecule has 1 amide bonds. The number of carbonyl (C=O) groups is 1. The van der Waals surface area contributed by atoms with Gasteiger partial charge in [-0.2, -0.15) is 0 Å². The summed E-state index contributed by atoms with van der Waals surface area (Å²) < 4.78 is 1.14. The zero-order valence-electron chi connectivity index (χ0n) is 16.4. The van der Waals surface area contributed by atoms with E-state index in [4.69, 9.17) is 5.73 Å². The summed E-state index contributed by atoms with van der Waals surface area (Å²) >= 11 is 1.69. The van der Waals surface area contributed by atoms with Crippen LogP contribution < -0.4 is 10.6 Å². The maximum atomic E-state index is 13.1. The van der Waals surface area contributed by atoms with E-state index < -0.39 is 0 Å². The molecule has 2 aliphatic carbocycles. The molecule has 2 saturated carbocycles. The first-order chi connectivity index (χ1) is 13.2. The van der Waals surface area contributed by atoms with Gasteiger partial charge in [0.15, 0.2) is 0 Å². The Balaban J connectivity index is 0.00000120. The molecule has 3 heterocycles. The third kappa shape index (κ3) is 4.20. The lowest BCUT2D eigenvalue weighted by molar-refractivity contribution is -0.138. The number of carbonyl (C=O) groups excluding carboxylic acids is 1. The van der Waals surface area contributed by atoms with Crippen molar-refractivity contribution < 1.29 is 4.79 Å². The van der Waals surface area contributed by atoms with Gasteiger partial charge in [0.2, 0.25) is 5.91 Å². The minimum atomic E-state index is 0. The number of nitrogens with two attached hydrogens (primary N) is 1. The Bertz CT molecular complexity index is 827. The molecule has 160 valence electrons. The minimum Gasteiger partial charge on any atom is -0.352 e. The molecule has 0 radical (unpaired) electrons. The van der Waals surface area contributed by atoms with E-state index in [1.807, 2.05) is 6.07 Å². The molecule has 2 N–H and O–H groups in total. The first-order valence-electron chi connectivity index (χ1n) is 10.2. The Morgan fingerprint density at radius 2 is 1.76 bits per heavy atom. The predicted molar refractivity (Wildman–Crippen MR) is 122 cm³/mol. The van der Waals surface area contributed by atoms with Gasteiger partial charge in [-0.25, -0.2) is 9.97 Å². The summed E-state index contributed by atoms with van der Waals surface area (Å²) in [6.07, 6.45) is 7.35. The molecule has 5 rings (SSSR count). The molecule has 3 aliphatic rings. The molecule has 1 aliphatic heterocycles. The molecule has 2 bridgehead atoms. The number of hydrogen-bond donors (Lipinski definition) is 1. The summed E-state index contributed by atoms with van der Waals surface area (Å²) in [5.74, 6) is 2.68. The Labute approximate surface area is 188 Å². The molecule has 2 aromatic rings. The van der Waals surface area contributed by atoms with E-state index in [-0.39, 0.29) is 30.7 Å². The fourth-order valence-corrected chi connectivity index (χ4v) is 6.25. The van der Waals surface area contributed by atoms with Gasteiger partial charge >= 0.3 is 0 Å². The third-order valence-electron chi connectivity index (χ3n) is 6.88. The van der Waals surface area contributed by atoms with Crippen molar-refractivity contribution in [1.82, 2.24) is 14.9 Å². The lowest BCUT2D eigenvalue weighted by Gasteiger charge is -2.45. The largest absolute Gasteiger partial charge is 0.352 e. The van der Waals surface area contributed by atoms with E-state index in [2.05, 4.69) is 25.1 Å². The van der Waals surface area contributed by atoms with Gasteiger partial charge in [0, 0.05) is 38.1 Å². The van der Waals surface area contributed by atoms with Gasteiger partial charge in [0.1, 0.15) is 12.1 Å². The standard InChI is InChI=1S/C20H27N5OS.2ClH/c21-17-13-2-1-3-14(17)11-15(10-13)20(26)25-7-5-24(6-8-25)19-18-16(4-9-27-18)22-12-23-19;;/h4,9,12-15,17H,1-3,5-8,10-11,21H2;2*1H. The van der Waals surface area contributed by atoms with Gasteiger partial charge in [-0.3, -0.25) is 4.79 Å². The first kappa shape index (κ1) is 22.5. The molecule has 2 aromatic heterocycles. The molecule has 1 saturated heterocycles. The smallest absolute Gasteiger partial charge is 0.225 e. The van der Waals surface area contributed by atoms with Crippen molar-refractivity contribution in [3.8, 4) is 0 Å². The quantitative estimate of drug-likeness (QED) is 0.747. The lowest BCUT2D eigenvalue weighted by Crippen LogP contribution is -2.53. The summed E-state index contributed by atoms with van der Waals surface area (Å²) in [7, 11) is 0. The van der Waals surface area contributed by atoms with E-state index >= 15 is 0 Å². The van der Waals surface area contributed by atoms with Gasteiger partial charge in [0.05, 0.1) is 10.2 Å². The van der Waals surface area contributed by atoms with Crippen molar-refractivity contribution in [2.24, 2.45) is 23.5 Å². The second kappa shape index (κ2) is 9.33. The van der Waals surface area contributed by atoms with Crippen molar-refractivity contribution in [2.75, 3.05) is 31.1 Å². The number of amides is 1. The number of fused-ring (bicyclic) bond motifs is 3. The molecule has 3 fully saturated rings. The zero-order valence-corrected chi connectivity index (χ0v) is 18.9. The maximum absolute atomic E-state index is 13.1. The van der Waals surface area contributed by atoms with Crippen LogP contribution in [-0.2, 0) is 4.79 Å². The molecule has 2 unspecified atom stereocenters. The van der Waals surface area contributed by atoms with E-state index in [1.54, 1.807) is 17.7 Å². The highest BCUT2D eigenvalue weighted by Crippen LogP contribution is 2.42. The van der Waals surface area contributed by atoms with E-state index in [0.29, 0.717) is 23.8 Å². The number of aromatic nitrogens is 2. The van der Waals surface area contributed by atoms with Crippen molar-refractivity contribution in [3.05, 3.63) is 17.8 Å². The van der Waals surface area contributed by atoms with Crippen LogP contribution in [0.4, 0.5) is 5.82 Å². The summed E-state index contributed by atoms with van der Waals surface area (Å²) in [4.78, 5) is 26.4. The number of anilines is 1. The second-order valence-electron chi connectivity index (χ2n) is 8.34. The van der Waals surface area contributed by atoms with Gasteiger partial charge in [-0.05, 0) is 49.0 Å². The van der Waals surface area contributed by atoms with Crippen LogP contribution in [0.1, 0.15) is 32.1 Å². The van der Waals surface area contributed by atoms with E-state index in [1.165, 1.54) is 19.3 Å². The SMILES string of the molecule is Cl.Cl.NC1C2CCCC1CC(C(=O)N1CCN(c3ncnc4ccsc34)CC1)C2. The molecule has 9 heteroatoms. The monoisotopic (exact) mass is 457 g/mol. The molecule has 29 heavy (non-hydrogen) atoms. The highest BCUT2D eigenvalue weighted by Gasteiger charge is 2.42. The highest BCUT2D eigenvalue weighted by atomic mass is 35.5. The summed E-state index contributed by atoms with van der Waals surface area (Å²) in [6.45, 7) is 3.25.